The molecule has 0 radical (unpaired) electrons. The zero-order chi connectivity index (χ0) is 91.5. The number of anilines is 6. The maximum Gasteiger partial charge on any atom is 0.0714 e. The first-order chi connectivity index (χ1) is 68.4. The molecule has 0 N–H and O–H groups in total. The van der Waals surface area contributed by atoms with Gasteiger partial charge in [-0.2, -0.15) is 0 Å². The molecule has 4 heteroatoms. The van der Waals surface area contributed by atoms with E-state index in [-0.39, 0.29) is 0 Å². The third-order valence-corrected chi connectivity index (χ3v) is 30.5. The van der Waals surface area contributed by atoms with Gasteiger partial charge in [-0.05, 0) is 307 Å². The summed E-state index contributed by atoms with van der Waals surface area (Å²) >= 11 is 3.74. The summed E-state index contributed by atoms with van der Waals surface area (Å²) in [5.41, 5.74) is 39.8. The van der Waals surface area contributed by atoms with E-state index in [1.165, 1.54) is 196 Å². The van der Waals surface area contributed by atoms with Gasteiger partial charge in [-0.15, -0.1) is 22.7 Å². The first-order valence-corrected chi connectivity index (χ1v) is 49.1. The third kappa shape index (κ3) is 14.7. The standard InChI is InChI=1S/2C67H45NS/c1-6-20-46(21-7-1)50-38-51(47-22-8-2-9-23-47)41-55(40-50)67(63-32-18-16-30-59(63)60-31-17-19-33-64(60)67)54-34-36-65-61(44-54)62-45-57(35-37-66(62)69-65)68(56-28-14-5-15-29-56)58-42-52(48-24-10-3-11-25-48)39-53(43-58)49-26-12-4-13-27-49;1-5-19-46(20-6-1)50-27-17-29-56(42-50)68(57-30-18-28-51(43-57)47-21-7-2-8-22-47)58-36-38-66-62(45-58)61-44-54(35-37-65(61)69-66)67(63-33-15-13-31-59(63)60-32-14-16-34-64(60)67)55-40-52(48-23-9-3-10-24-48)39-53(41-55)49-25-11-4-12-26-49/h2*1-45H. The molecule has 0 unspecified atom stereocenters. The Morgan fingerprint density at radius 3 is 0.652 bits per heavy atom. The van der Waals surface area contributed by atoms with Crippen molar-refractivity contribution in [2.45, 2.75) is 10.8 Å². The molecule has 2 aromatic heterocycles. The number of nitrogens with zero attached hydrogens (tertiary/aromatic N) is 2. The Morgan fingerprint density at radius 2 is 0.348 bits per heavy atom. The molecule has 0 spiro atoms. The minimum absolute atomic E-state index is 0.608. The molecule has 0 aliphatic heterocycles. The second kappa shape index (κ2) is 35.4. The summed E-state index contributed by atoms with van der Waals surface area (Å²) in [6, 6.07) is 202. The largest absolute Gasteiger partial charge is 0.310 e. The lowest BCUT2D eigenvalue weighted by molar-refractivity contribution is 0.771. The Kier molecular flexibility index (Phi) is 21.2. The Bertz CT molecular complexity index is 7990. The summed E-state index contributed by atoms with van der Waals surface area (Å²) in [5.74, 6) is 0. The van der Waals surface area contributed by atoms with Gasteiger partial charge in [-0.25, -0.2) is 0 Å². The average Bonchev–Trinajstić information content (AvgIpc) is 1.53. The fourth-order valence-corrected chi connectivity index (χ4v) is 24.1. The fourth-order valence-electron chi connectivity index (χ4n) is 21.9. The van der Waals surface area contributed by atoms with Gasteiger partial charge >= 0.3 is 0 Å². The van der Waals surface area contributed by atoms with E-state index in [9.17, 15) is 0 Å². The molecule has 2 aliphatic carbocycles. The van der Waals surface area contributed by atoms with Crippen LogP contribution in [-0.2, 0) is 10.8 Å². The summed E-state index contributed by atoms with van der Waals surface area (Å²) in [6.45, 7) is 0. The normalized spacial score (nSPS) is 12.5. The molecule has 0 atom stereocenters. The van der Waals surface area contributed by atoms with E-state index >= 15 is 0 Å². The van der Waals surface area contributed by atoms with Gasteiger partial charge in [-0.3, -0.25) is 0 Å². The van der Waals surface area contributed by atoms with Crippen LogP contribution in [-0.4, -0.2) is 0 Å². The van der Waals surface area contributed by atoms with Crippen LogP contribution >= 0.6 is 22.7 Å². The molecule has 0 saturated carbocycles. The number of hydrogen-bond acceptors (Lipinski definition) is 4. The monoisotopic (exact) mass is 1790 g/mol. The van der Waals surface area contributed by atoms with E-state index in [2.05, 4.69) is 556 Å². The molecule has 0 saturated heterocycles. The topological polar surface area (TPSA) is 6.48 Å². The van der Waals surface area contributed by atoms with Crippen molar-refractivity contribution in [3.63, 3.8) is 0 Å². The van der Waals surface area contributed by atoms with E-state index in [1.807, 2.05) is 22.7 Å². The maximum absolute atomic E-state index is 2.52. The van der Waals surface area contributed by atoms with E-state index in [0.29, 0.717) is 0 Å². The van der Waals surface area contributed by atoms with Gasteiger partial charge < -0.3 is 9.80 Å². The lowest BCUT2D eigenvalue weighted by atomic mass is 9.66. The molecule has 2 nitrogen and oxygen atoms in total. The first-order valence-electron chi connectivity index (χ1n) is 47.5. The van der Waals surface area contributed by atoms with E-state index < -0.39 is 10.8 Å². The van der Waals surface area contributed by atoms with Gasteiger partial charge in [0.15, 0.2) is 0 Å². The molecule has 0 amide bonds. The van der Waals surface area contributed by atoms with Crippen LogP contribution in [0.5, 0.6) is 0 Å². The van der Waals surface area contributed by atoms with Gasteiger partial charge in [0, 0.05) is 74.5 Å². The highest BCUT2D eigenvalue weighted by atomic mass is 32.1. The van der Waals surface area contributed by atoms with Gasteiger partial charge in [-0.1, -0.05) is 394 Å². The van der Waals surface area contributed by atoms with Gasteiger partial charge in [0.2, 0.25) is 0 Å². The molecule has 22 aromatic carbocycles. The van der Waals surface area contributed by atoms with Gasteiger partial charge in [0.05, 0.1) is 10.8 Å². The number of fused-ring (bicyclic) bond motifs is 12. The molecule has 648 valence electrons. The van der Waals surface area contributed by atoms with Crippen molar-refractivity contribution in [1.29, 1.82) is 0 Å². The van der Waals surface area contributed by atoms with Crippen molar-refractivity contribution in [1.82, 2.24) is 0 Å². The highest BCUT2D eigenvalue weighted by molar-refractivity contribution is 7.26. The molecule has 0 fully saturated rings. The quantitative estimate of drug-likeness (QED) is 0.0845. The van der Waals surface area contributed by atoms with Crippen molar-refractivity contribution in [2.75, 3.05) is 9.80 Å². The Labute approximate surface area is 813 Å². The number of benzene rings is 22. The summed E-state index contributed by atoms with van der Waals surface area (Å²) in [5, 5.41) is 5.01. The summed E-state index contributed by atoms with van der Waals surface area (Å²) in [7, 11) is 0. The van der Waals surface area contributed by atoms with Crippen LogP contribution < -0.4 is 9.80 Å². The highest BCUT2D eigenvalue weighted by Crippen LogP contribution is 2.61. The summed E-state index contributed by atoms with van der Waals surface area (Å²) in [4.78, 5) is 4.85. The fraction of sp³-hybridized carbons (Fsp3) is 0.0149. The van der Waals surface area contributed by atoms with E-state index in [4.69, 9.17) is 0 Å². The third-order valence-electron chi connectivity index (χ3n) is 28.2. The van der Waals surface area contributed by atoms with Crippen LogP contribution in [0, 0.1) is 0 Å². The lowest BCUT2D eigenvalue weighted by Gasteiger charge is -2.35. The molecule has 2 heterocycles. The smallest absolute Gasteiger partial charge is 0.0714 e. The number of hydrogen-bond donors (Lipinski definition) is 0. The predicted octanol–water partition coefficient (Wildman–Crippen LogP) is 37.1. The zero-order valence-corrected chi connectivity index (χ0v) is 77.3. The zero-order valence-electron chi connectivity index (χ0n) is 75.7. The minimum atomic E-state index is -0.608. The summed E-state index contributed by atoms with van der Waals surface area (Å²) in [6.07, 6.45) is 0. The average molecular weight is 1790 g/mol. The number of thiophene rings is 2. The van der Waals surface area contributed by atoms with E-state index in [0.717, 1.165) is 34.1 Å². The highest BCUT2D eigenvalue weighted by Gasteiger charge is 2.49. The van der Waals surface area contributed by atoms with Crippen molar-refractivity contribution >= 4 is 97.1 Å². The molecule has 138 heavy (non-hydrogen) atoms. The Morgan fingerprint density at radius 1 is 0.130 bits per heavy atom. The molecule has 26 rings (SSSR count). The Balaban J connectivity index is 0.000000146. The van der Waals surface area contributed by atoms with Crippen LogP contribution in [0.15, 0.2) is 546 Å². The molecule has 24 aromatic rings. The minimum Gasteiger partial charge on any atom is -0.310 e. The predicted molar refractivity (Wildman–Crippen MR) is 586 cm³/mol. The second-order valence-electron chi connectivity index (χ2n) is 36.1. The van der Waals surface area contributed by atoms with Gasteiger partial charge in [0.25, 0.3) is 0 Å². The number of para-hydroxylation sites is 1. The van der Waals surface area contributed by atoms with Crippen LogP contribution in [0.3, 0.4) is 0 Å². The molecular weight excluding hydrogens is 1700 g/mol. The van der Waals surface area contributed by atoms with Crippen LogP contribution in [0.4, 0.5) is 34.1 Å². The maximum atomic E-state index is 2.52. The number of rotatable bonds is 18. The van der Waals surface area contributed by atoms with E-state index in [1.54, 1.807) is 0 Å². The summed E-state index contributed by atoms with van der Waals surface area (Å²) < 4.78 is 5.07. The SMILES string of the molecule is c1ccc(-c2cc(-c3ccccc3)cc(N(c3ccccc3)c3ccc4sc5ccc(C6(c7cc(-c8ccccc8)cc(-c8ccccc8)c7)c7ccccc7-c7ccccc76)cc5c4c3)c2)cc1.c1ccc(-c2cccc(N(c3cccc(-c4ccccc4)c3)c3ccc4sc5ccc(C6(c7cc(-c8ccccc8)cc(-c8ccccc8)c7)c7ccccc7-c7ccccc76)cc5c4c3)c2)cc1. The van der Waals surface area contributed by atoms with Crippen LogP contribution in [0.1, 0.15) is 44.5 Å². The van der Waals surface area contributed by atoms with Crippen LogP contribution in [0.2, 0.25) is 0 Å². The molecule has 0 bridgehead atoms. The van der Waals surface area contributed by atoms with Crippen molar-refractivity contribution in [3.8, 4) is 111 Å². The Hall–Kier alpha value is -17.1. The van der Waals surface area contributed by atoms with Crippen molar-refractivity contribution in [2.24, 2.45) is 0 Å². The first kappa shape index (κ1) is 82.8. The molecular formula is C134H90N2S2. The van der Waals surface area contributed by atoms with Crippen LogP contribution in [0.25, 0.3) is 152 Å². The van der Waals surface area contributed by atoms with Crippen molar-refractivity contribution in [3.05, 3.63) is 590 Å². The molecule has 2 aliphatic rings. The van der Waals surface area contributed by atoms with Gasteiger partial charge in [0.1, 0.15) is 0 Å². The van der Waals surface area contributed by atoms with Crippen molar-refractivity contribution < 1.29 is 0 Å². The second-order valence-corrected chi connectivity index (χ2v) is 38.2. The lowest BCUT2D eigenvalue weighted by Crippen LogP contribution is -2.28.